The molecular formula is C18H22N6OS. The van der Waals surface area contributed by atoms with Gasteiger partial charge in [-0.25, -0.2) is 0 Å². The minimum absolute atomic E-state index is 0.00916. The normalized spacial score (nSPS) is 10.8. The van der Waals surface area contributed by atoms with Crippen molar-refractivity contribution in [1.29, 1.82) is 0 Å². The number of nitrogens with zero attached hydrogens (tertiary/aromatic N) is 5. The van der Waals surface area contributed by atoms with Gasteiger partial charge in [-0.3, -0.25) is 14.0 Å². The van der Waals surface area contributed by atoms with Crippen molar-refractivity contribution in [3.8, 4) is 5.69 Å². The van der Waals surface area contributed by atoms with Gasteiger partial charge in [-0.1, -0.05) is 17.8 Å². The van der Waals surface area contributed by atoms with Crippen LogP contribution in [0.5, 0.6) is 0 Å². The average Bonchev–Trinajstić information content (AvgIpc) is 3.31. The highest BCUT2D eigenvalue weighted by molar-refractivity contribution is 7.99. The molecule has 0 aliphatic heterocycles. The van der Waals surface area contributed by atoms with Crippen LogP contribution in [0.3, 0.4) is 0 Å². The molecule has 0 saturated heterocycles. The molecule has 0 aliphatic carbocycles. The molecule has 0 bridgehead atoms. The summed E-state index contributed by atoms with van der Waals surface area (Å²) < 4.78 is 3.76. The van der Waals surface area contributed by atoms with E-state index in [1.165, 1.54) is 22.9 Å². The van der Waals surface area contributed by atoms with Crippen molar-refractivity contribution in [3.05, 3.63) is 54.1 Å². The van der Waals surface area contributed by atoms with Crippen LogP contribution in [0, 0.1) is 13.8 Å². The van der Waals surface area contributed by atoms with E-state index >= 15 is 0 Å². The zero-order valence-corrected chi connectivity index (χ0v) is 15.7. The second-order valence-corrected chi connectivity index (χ2v) is 6.96. The fraction of sp³-hybridized carbons (Fsp3) is 0.333. The molecule has 2 aromatic heterocycles. The highest BCUT2D eigenvalue weighted by atomic mass is 32.2. The molecule has 1 amide bonds. The summed E-state index contributed by atoms with van der Waals surface area (Å²) in [6, 6.07) is 8.09. The Balaban J connectivity index is 1.48. The number of hydrogen-bond acceptors (Lipinski definition) is 5. The summed E-state index contributed by atoms with van der Waals surface area (Å²) >= 11 is 1.38. The molecule has 0 spiro atoms. The summed E-state index contributed by atoms with van der Waals surface area (Å²) in [5, 5.41) is 15.9. The number of carbonyl (C=O) groups excluding carboxylic acids is 1. The summed E-state index contributed by atoms with van der Waals surface area (Å²) in [4.78, 5) is 12.0. The van der Waals surface area contributed by atoms with Crippen LogP contribution in [-0.4, -0.2) is 42.7 Å². The first-order valence-corrected chi connectivity index (χ1v) is 9.46. The maximum Gasteiger partial charge on any atom is 0.230 e. The molecule has 2 heterocycles. The van der Waals surface area contributed by atoms with E-state index < -0.39 is 0 Å². The zero-order chi connectivity index (χ0) is 18.4. The summed E-state index contributed by atoms with van der Waals surface area (Å²) in [7, 11) is 0. The van der Waals surface area contributed by atoms with Gasteiger partial charge in [-0.15, -0.1) is 10.2 Å². The van der Waals surface area contributed by atoms with Crippen molar-refractivity contribution in [2.75, 3.05) is 12.3 Å². The highest BCUT2D eigenvalue weighted by Gasteiger charge is 2.10. The Hall–Kier alpha value is -2.61. The Kier molecular flexibility index (Phi) is 6.06. The van der Waals surface area contributed by atoms with E-state index in [1.54, 1.807) is 12.5 Å². The molecule has 3 rings (SSSR count). The van der Waals surface area contributed by atoms with Crippen molar-refractivity contribution in [2.24, 2.45) is 0 Å². The first kappa shape index (κ1) is 18.2. The van der Waals surface area contributed by atoms with E-state index in [-0.39, 0.29) is 5.91 Å². The number of aromatic nitrogens is 5. The first-order chi connectivity index (χ1) is 12.6. The molecule has 0 unspecified atom stereocenters. The van der Waals surface area contributed by atoms with Gasteiger partial charge in [0.1, 0.15) is 6.33 Å². The number of aryl methyl sites for hydroxylation is 3. The minimum atomic E-state index is -0.00916. The molecule has 0 aliphatic rings. The quantitative estimate of drug-likeness (QED) is 0.487. The molecule has 1 N–H and O–H groups in total. The van der Waals surface area contributed by atoms with Crippen LogP contribution < -0.4 is 5.32 Å². The Morgan fingerprint density at radius 3 is 2.92 bits per heavy atom. The largest absolute Gasteiger partial charge is 0.355 e. The van der Waals surface area contributed by atoms with E-state index in [0.29, 0.717) is 17.5 Å². The number of hydrogen-bond donors (Lipinski definition) is 1. The summed E-state index contributed by atoms with van der Waals surface area (Å²) in [5.74, 6) is 0.302. The molecule has 1 aromatic carbocycles. The summed E-state index contributed by atoms with van der Waals surface area (Å²) in [6.07, 6.45) is 6.18. The van der Waals surface area contributed by atoms with Crippen LogP contribution in [-0.2, 0) is 11.3 Å². The lowest BCUT2D eigenvalue weighted by Gasteiger charge is -2.09. The maximum absolute atomic E-state index is 12.0. The second-order valence-electron chi connectivity index (χ2n) is 6.01. The molecule has 0 fully saturated rings. The molecule has 26 heavy (non-hydrogen) atoms. The minimum Gasteiger partial charge on any atom is -0.355 e. The molecule has 136 valence electrons. The zero-order valence-electron chi connectivity index (χ0n) is 14.9. The van der Waals surface area contributed by atoms with Crippen LogP contribution in [0.1, 0.15) is 17.5 Å². The predicted octanol–water partition coefficient (Wildman–Crippen LogP) is 2.38. The van der Waals surface area contributed by atoms with Gasteiger partial charge >= 0.3 is 0 Å². The molecule has 0 saturated carbocycles. The van der Waals surface area contributed by atoms with Crippen molar-refractivity contribution < 1.29 is 4.79 Å². The van der Waals surface area contributed by atoms with E-state index in [4.69, 9.17) is 0 Å². The van der Waals surface area contributed by atoms with Gasteiger partial charge in [-0.05, 0) is 49.6 Å². The average molecular weight is 370 g/mol. The van der Waals surface area contributed by atoms with Gasteiger partial charge in [0, 0.05) is 31.2 Å². The van der Waals surface area contributed by atoms with E-state index in [2.05, 4.69) is 46.6 Å². The van der Waals surface area contributed by atoms with Gasteiger partial charge < -0.3 is 5.32 Å². The fourth-order valence-corrected chi connectivity index (χ4v) is 3.22. The van der Waals surface area contributed by atoms with Crippen LogP contribution in [0.25, 0.3) is 5.69 Å². The van der Waals surface area contributed by atoms with Crippen LogP contribution in [0.15, 0.2) is 48.1 Å². The third-order valence-corrected chi connectivity index (χ3v) is 5.01. The standard InChI is InChI=1S/C18H22N6OS/c1-14-5-6-16(11-15(14)2)24-13-20-22-18(24)26-12-17(25)19-7-3-9-23-10-4-8-21-23/h4-6,8,10-11,13H,3,7,9,12H2,1-2H3,(H,19,25). The lowest BCUT2D eigenvalue weighted by atomic mass is 10.1. The Labute approximate surface area is 156 Å². The Morgan fingerprint density at radius 1 is 1.27 bits per heavy atom. The number of nitrogens with one attached hydrogen (secondary N) is 1. The first-order valence-electron chi connectivity index (χ1n) is 8.48. The predicted molar refractivity (Wildman–Crippen MR) is 101 cm³/mol. The van der Waals surface area contributed by atoms with Gasteiger partial charge in [0.05, 0.1) is 5.75 Å². The number of amides is 1. The molecule has 0 atom stereocenters. The molecular weight excluding hydrogens is 348 g/mol. The van der Waals surface area contributed by atoms with Gasteiger partial charge in [0.2, 0.25) is 5.91 Å². The highest BCUT2D eigenvalue weighted by Crippen LogP contribution is 2.21. The molecule has 3 aromatic rings. The fourth-order valence-electron chi connectivity index (χ4n) is 2.46. The van der Waals surface area contributed by atoms with Crippen molar-refractivity contribution in [1.82, 2.24) is 29.9 Å². The van der Waals surface area contributed by atoms with E-state index in [0.717, 1.165) is 18.7 Å². The van der Waals surface area contributed by atoms with Gasteiger partial charge in [0.15, 0.2) is 5.16 Å². The lowest BCUT2D eigenvalue weighted by molar-refractivity contribution is -0.118. The third-order valence-electron chi connectivity index (χ3n) is 4.06. The van der Waals surface area contributed by atoms with Crippen LogP contribution in [0.4, 0.5) is 0 Å². The number of benzene rings is 1. The van der Waals surface area contributed by atoms with Gasteiger partial charge in [-0.2, -0.15) is 5.10 Å². The molecule has 8 heteroatoms. The number of carbonyl (C=O) groups is 1. The Bertz CT molecular complexity index is 858. The number of thioether (sulfide) groups is 1. The summed E-state index contributed by atoms with van der Waals surface area (Å²) in [5.41, 5.74) is 3.45. The topological polar surface area (TPSA) is 77.6 Å². The van der Waals surface area contributed by atoms with Crippen LogP contribution in [0.2, 0.25) is 0 Å². The van der Waals surface area contributed by atoms with E-state index in [9.17, 15) is 4.79 Å². The van der Waals surface area contributed by atoms with Crippen molar-refractivity contribution >= 4 is 17.7 Å². The maximum atomic E-state index is 12.0. The van der Waals surface area contributed by atoms with Crippen molar-refractivity contribution in [3.63, 3.8) is 0 Å². The monoisotopic (exact) mass is 370 g/mol. The van der Waals surface area contributed by atoms with Gasteiger partial charge in [0.25, 0.3) is 0 Å². The van der Waals surface area contributed by atoms with Crippen LogP contribution >= 0.6 is 11.8 Å². The SMILES string of the molecule is Cc1ccc(-n2cnnc2SCC(=O)NCCCn2cccn2)cc1C. The third kappa shape index (κ3) is 4.72. The Morgan fingerprint density at radius 2 is 2.15 bits per heavy atom. The molecule has 0 radical (unpaired) electrons. The lowest BCUT2D eigenvalue weighted by Crippen LogP contribution is -2.27. The number of rotatable bonds is 8. The smallest absolute Gasteiger partial charge is 0.230 e. The second kappa shape index (κ2) is 8.66. The molecule has 7 nitrogen and oxygen atoms in total. The summed E-state index contributed by atoms with van der Waals surface area (Å²) in [6.45, 7) is 5.58. The van der Waals surface area contributed by atoms with Crippen molar-refractivity contribution in [2.45, 2.75) is 32.0 Å². The van der Waals surface area contributed by atoms with E-state index in [1.807, 2.05) is 27.6 Å².